The molecule has 9 heteroatoms. The molecule has 0 saturated carbocycles. The Labute approximate surface area is 212 Å². The molecule has 0 fully saturated rings. The van der Waals surface area contributed by atoms with Crippen LogP contribution < -0.4 is 0 Å². The van der Waals surface area contributed by atoms with Crippen LogP contribution in [-0.4, -0.2) is 39.5 Å². The quantitative estimate of drug-likeness (QED) is 0.348. The van der Waals surface area contributed by atoms with E-state index in [1.165, 1.54) is 0 Å². The van der Waals surface area contributed by atoms with E-state index in [2.05, 4.69) is 30.1 Å². The molecule has 35 heavy (non-hydrogen) atoms. The Bertz CT molecular complexity index is 1320. The van der Waals surface area contributed by atoms with Gasteiger partial charge in [-0.25, -0.2) is 19.3 Å². The van der Waals surface area contributed by atoms with E-state index in [9.17, 15) is 0 Å². The molecule has 6 heterocycles. The van der Waals surface area contributed by atoms with Crippen LogP contribution in [0, 0.1) is 0 Å². The van der Waals surface area contributed by atoms with E-state index < -0.39 is 0 Å². The number of aromatic nitrogens is 8. The second-order valence-corrected chi connectivity index (χ2v) is 7.09. The van der Waals surface area contributed by atoms with Gasteiger partial charge in [0.15, 0.2) is 11.6 Å². The third kappa shape index (κ3) is 5.91. The zero-order valence-electron chi connectivity index (χ0n) is 18.5. The zero-order valence-corrected chi connectivity index (χ0v) is 19.5. The molecular weight excluding hydrogens is 483 g/mol. The molecule has 0 aromatic carbocycles. The van der Waals surface area contributed by atoms with Crippen LogP contribution in [0.3, 0.4) is 0 Å². The third-order valence-electron chi connectivity index (χ3n) is 4.80. The fourth-order valence-electron chi connectivity index (χ4n) is 3.22. The van der Waals surface area contributed by atoms with Crippen molar-refractivity contribution in [3.63, 3.8) is 0 Å². The predicted molar refractivity (Wildman–Crippen MR) is 129 cm³/mol. The van der Waals surface area contributed by atoms with Gasteiger partial charge in [-0.15, -0.1) is 0 Å². The molecule has 0 unspecified atom stereocenters. The molecule has 0 N–H and O–H groups in total. The van der Waals surface area contributed by atoms with Gasteiger partial charge in [-0.2, -0.15) is 10.2 Å². The van der Waals surface area contributed by atoms with Crippen LogP contribution in [0.5, 0.6) is 0 Å². The molecule has 6 rings (SSSR count). The van der Waals surface area contributed by atoms with Gasteiger partial charge in [0.2, 0.25) is 0 Å². The maximum Gasteiger partial charge on any atom is 2.00 e. The summed E-state index contributed by atoms with van der Waals surface area (Å²) in [6.45, 7) is 0. The van der Waals surface area contributed by atoms with E-state index in [1.807, 2.05) is 97.3 Å². The Morgan fingerprint density at radius 1 is 0.429 bits per heavy atom. The zero-order chi connectivity index (χ0) is 23.0. The Morgan fingerprint density at radius 3 is 1.26 bits per heavy atom. The Kier molecular flexibility index (Phi) is 7.84. The summed E-state index contributed by atoms with van der Waals surface area (Å²) in [5, 5.41) is 8.31. The SMILES string of the molecule is [Co+2].c1ccc(-c2cccc(-n3cccn3)n2)nc1.c1ccc(-c2cccc(-n3cccn3)n2)nc1. The largest absolute Gasteiger partial charge is 2.00 e. The topological polar surface area (TPSA) is 87.2 Å². The van der Waals surface area contributed by atoms with Crippen LogP contribution in [0.4, 0.5) is 0 Å². The van der Waals surface area contributed by atoms with E-state index in [-0.39, 0.29) is 16.8 Å². The molecule has 0 aliphatic carbocycles. The van der Waals surface area contributed by atoms with Crippen molar-refractivity contribution < 1.29 is 16.8 Å². The van der Waals surface area contributed by atoms with Crippen molar-refractivity contribution in [3.8, 4) is 34.4 Å². The van der Waals surface area contributed by atoms with Crippen molar-refractivity contribution in [2.45, 2.75) is 0 Å². The summed E-state index contributed by atoms with van der Waals surface area (Å²) in [7, 11) is 0. The summed E-state index contributed by atoms with van der Waals surface area (Å²) in [5.41, 5.74) is 3.42. The average molecular weight is 503 g/mol. The number of hydrogen-bond donors (Lipinski definition) is 0. The monoisotopic (exact) mass is 503 g/mol. The average Bonchev–Trinajstić information content (AvgIpc) is 3.66. The van der Waals surface area contributed by atoms with Crippen molar-refractivity contribution >= 4 is 0 Å². The predicted octanol–water partition coefficient (Wildman–Crippen LogP) is 4.66. The van der Waals surface area contributed by atoms with Crippen LogP contribution in [0.15, 0.2) is 122 Å². The van der Waals surface area contributed by atoms with E-state index in [0.717, 1.165) is 34.4 Å². The maximum absolute atomic E-state index is 4.52. The Balaban J connectivity index is 0.000000160. The van der Waals surface area contributed by atoms with Gasteiger partial charge in [0, 0.05) is 37.2 Å². The first-order chi connectivity index (χ1) is 16.9. The molecule has 0 amide bonds. The summed E-state index contributed by atoms with van der Waals surface area (Å²) < 4.78 is 3.46. The van der Waals surface area contributed by atoms with Crippen LogP contribution >= 0.6 is 0 Å². The minimum absolute atomic E-state index is 0. The number of pyridine rings is 4. The van der Waals surface area contributed by atoms with E-state index in [0.29, 0.717) is 0 Å². The van der Waals surface area contributed by atoms with Crippen molar-refractivity contribution in [3.05, 3.63) is 122 Å². The molecule has 0 bridgehead atoms. The molecule has 6 aromatic rings. The fraction of sp³-hybridized carbons (Fsp3) is 0. The van der Waals surface area contributed by atoms with Crippen molar-refractivity contribution in [2.75, 3.05) is 0 Å². The summed E-state index contributed by atoms with van der Waals surface area (Å²) in [6, 6.07) is 26.9. The Hall–Kier alpha value is -4.47. The molecule has 8 nitrogen and oxygen atoms in total. The van der Waals surface area contributed by atoms with Gasteiger partial charge in [-0.3, -0.25) is 9.97 Å². The van der Waals surface area contributed by atoms with Crippen LogP contribution in [0.1, 0.15) is 0 Å². The van der Waals surface area contributed by atoms with Crippen molar-refractivity contribution in [1.82, 2.24) is 39.5 Å². The standard InChI is InChI=1S/2C13H10N4.Co/c2*1-2-8-14-11(5-1)12-6-3-7-13(16-12)17-10-4-9-15-17;/h2*1-10H;/q;;+2. The van der Waals surface area contributed by atoms with Crippen LogP contribution in [0.25, 0.3) is 34.4 Å². The first kappa shape index (κ1) is 23.7. The van der Waals surface area contributed by atoms with Gasteiger partial charge >= 0.3 is 16.8 Å². The first-order valence-electron chi connectivity index (χ1n) is 10.6. The second-order valence-electron chi connectivity index (χ2n) is 7.09. The van der Waals surface area contributed by atoms with Gasteiger partial charge in [-0.05, 0) is 60.7 Å². The molecule has 0 aliphatic heterocycles. The normalized spacial score (nSPS) is 10.1. The van der Waals surface area contributed by atoms with Crippen molar-refractivity contribution in [2.24, 2.45) is 0 Å². The Morgan fingerprint density at radius 2 is 0.886 bits per heavy atom. The summed E-state index contributed by atoms with van der Waals surface area (Å²) in [4.78, 5) is 17.6. The van der Waals surface area contributed by atoms with Gasteiger partial charge in [0.25, 0.3) is 0 Å². The smallest absolute Gasteiger partial charge is 0.255 e. The third-order valence-corrected chi connectivity index (χ3v) is 4.80. The molecular formula is C26H20CoN8+2. The fourth-order valence-corrected chi connectivity index (χ4v) is 3.22. The van der Waals surface area contributed by atoms with Crippen molar-refractivity contribution in [1.29, 1.82) is 0 Å². The molecule has 0 saturated heterocycles. The molecule has 1 radical (unpaired) electrons. The second kappa shape index (κ2) is 11.6. The minimum Gasteiger partial charge on any atom is -0.255 e. The molecule has 0 aliphatic rings. The van der Waals surface area contributed by atoms with Crippen LogP contribution in [-0.2, 0) is 16.8 Å². The minimum atomic E-state index is 0. The summed E-state index contributed by atoms with van der Waals surface area (Å²) in [5.74, 6) is 1.58. The van der Waals surface area contributed by atoms with E-state index in [4.69, 9.17) is 0 Å². The number of nitrogens with zero attached hydrogens (tertiary/aromatic N) is 8. The van der Waals surface area contributed by atoms with Gasteiger partial charge in [0.1, 0.15) is 0 Å². The van der Waals surface area contributed by atoms with Gasteiger partial charge < -0.3 is 0 Å². The van der Waals surface area contributed by atoms with E-state index in [1.54, 1.807) is 34.2 Å². The van der Waals surface area contributed by atoms with Crippen LogP contribution in [0.2, 0.25) is 0 Å². The summed E-state index contributed by atoms with van der Waals surface area (Å²) >= 11 is 0. The molecule has 0 atom stereocenters. The maximum atomic E-state index is 4.52. The van der Waals surface area contributed by atoms with Gasteiger partial charge in [-0.1, -0.05) is 24.3 Å². The first-order valence-corrected chi connectivity index (χ1v) is 10.6. The van der Waals surface area contributed by atoms with E-state index >= 15 is 0 Å². The molecule has 171 valence electrons. The molecule has 0 spiro atoms. The number of hydrogen-bond acceptors (Lipinski definition) is 6. The summed E-state index contributed by atoms with van der Waals surface area (Å²) in [6.07, 6.45) is 10.7. The molecule has 6 aromatic heterocycles. The van der Waals surface area contributed by atoms with Gasteiger partial charge in [0.05, 0.1) is 22.8 Å². The number of rotatable bonds is 4.